The summed E-state index contributed by atoms with van der Waals surface area (Å²) in [6.45, 7) is 1.53. The molecule has 0 bridgehead atoms. The molecule has 2 aromatic rings. The Kier molecular flexibility index (Phi) is 6.11. The van der Waals surface area contributed by atoms with E-state index in [0.717, 1.165) is 10.8 Å². The van der Waals surface area contributed by atoms with E-state index in [2.05, 4.69) is 10.0 Å². The lowest BCUT2D eigenvalue weighted by Gasteiger charge is -2.12. The highest BCUT2D eigenvalue weighted by molar-refractivity contribution is 7.89. The van der Waals surface area contributed by atoms with Crippen LogP contribution in [-0.4, -0.2) is 38.0 Å². The van der Waals surface area contributed by atoms with Crippen LogP contribution in [0.25, 0.3) is 10.8 Å². The molecule has 8 heteroatoms. The lowest BCUT2D eigenvalue weighted by Crippen LogP contribution is -2.41. The summed E-state index contributed by atoms with van der Waals surface area (Å²) in [6.07, 6.45) is 0.112. The molecule has 1 unspecified atom stereocenters. The summed E-state index contributed by atoms with van der Waals surface area (Å²) in [5.74, 6) is -1.64. The summed E-state index contributed by atoms with van der Waals surface area (Å²) < 4.78 is 27.0. The zero-order valence-corrected chi connectivity index (χ0v) is 14.5. The van der Waals surface area contributed by atoms with E-state index >= 15 is 0 Å². The van der Waals surface area contributed by atoms with Crippen LogP contribution in [0.4, 0.5) is 0 Å². The number of aliphatic carboxylic acids is 1. The Morgan fingerprint density at radius 3 is 2.44 bits per heavy atom. The molecule has 0 aromatic heterocycles. The average molecular weight is 364 g/mol. The van der Waals surface area contributed by atoms with Crippen molar-refractivity contribution in [1.29, 1.82) is 0 Å². The molecule has 0 radical (unpaired) electrons. The second-order valence-corrected chi connectivity index (χ2v) is 7.29. The predicted molar refractivity (Wildman–Crippen MR) is 93.6 cm³/mol. The van der Waals surface area contributed by atoms with Crippen molar-refractivity contribution in [3.8, 4) is 0 Å². The SMILES string of the molecule is CCC(NC(=O)CCNS(=O)(=O)c1ccc2ccccc2c1)C(=O)O. The topological polar surface area (TPSA) is 113 Å². The molecule has 1 atom stereocenters. The van der Waals surface area contributed by atoms with Crippen LogP contribution >= 0.6 is 0 Å². The smallest absolute Gasteiger partial charge is 0.326 e. The molecule has 2 aromatic carbocycles. The van der Waals surface area contributed by atoms with Gasteiger partial charge in [-0.2, -0.15) is 0 Å². The molecule has 0 heterocycles. The summed E-state index contributed by atoms with van der Waals surface area (Å²) in [5, 5.41) is 13.0. The van der Waals surface area contributed by atoms with Crippen molar-refractivity contribution >= 4 is 32.7 Å². The molecule has 25 heavy (non-hydrogen) atoms. The van der Waals surface area contributed by atoms with Crippen LogP contribution in [0.3, 0.4) is 0 Å². The van der Waals surface area contributed by atoms with Gasteiger partial charge in [-0.15, -0.1) is 0 Å². The Balaban J connectivity index is 1.96. The fourth-order valence-corrected chi connectivity index (χ4v) is 3.39. The van der Waals surface area contributed by atoms with Gasteiger partial charge in [0, 0.05) is 13.0 Å². The van der Waals surface area contributed by atoms with Gasteiger partial charge in [0.25, 0.3) is 0 Å². The van der Waals surface area contributed by atoms with Crippen LogP contribution in [0.5, 0.6) is 0 Å². The summed E-state index contributed by atoms with van der Waals surface area (Å²) in [7, 11) is -3.74. The highest BCUT2D eigenvalue weighted by Gasteiger charge is 2.18. The highest BCUT2D eigenvalue weighted by atomic mass is 32.2. The first-order valence-corrected chi connectivity index (χ1v) is 9.32. The van der Waals surface area contributed by atoms with Gasteiger partial charge < -0.3 is 10.4 Å². The van der Waals surface area contributed by atoms with Gasteiger partial charge in [-0.1, -0.05) is 37.3 Å². The van der Waals surface area contributed by atoms with E-state index in [-0.39, 0.29) is 24.3 Å². The molecule has 0 fully saturated rings. The van der Waals surface area contributed by atoms with Crippen molar-refractivity contribution in [3.63, 3.8) is 0 Å². The number of rotatable bonds is 8. The number of nitrogens with one attached hydrogen (secondary N) is 2. The van der Waals surface area contributed by atoms with E-state index < -0.39 is 27.9 Å². The van der Waals surface area contributed by atoms with Crippen molar-refractivity contribution in [1.82, 2.24) is 10.0 Å². The Morgan fingerprint density at radius 2 is 1.80 bits per heavy atom. The fraction of sp³-hybridized carbons (Fsp3) is 0.294. The first kappa shape index (κ1) is 18.9. The molecule has 3 N–H and O–H groups in total. The minimum Gasteiger partial charge on any atom is -0.480 e. The van der Waals surface area contributed by atoms with Crippen molar-refractivity contribution in [2.45, 2.75) is 30.7 Å². The summed E-state index contributed by atoms with van der Waals surface area (Å²) in [6, 6.07) is 11.2. The third-order valence-electron chi connectivity index (χ3n) is 3.72. The Morgan fingerprint density at radius 1 is 1.12 bits per heavy atom. The maximum atomic E-state index is 12.3. The largest absolute Gasteiger partial charge is 0.480 e. The fourth-order valence-electron chi connectivity index (χ4n) is 2.32. The van der Waals surface area contributed by atoms with Gasteiger partial charge in [-0.05, 0) is 29.3 Å². The zero-order chi connectivity index (χ0) is 18.4. The average Bonchev–Trinajstić information content (AvgIpc) is 2.58. The van der Waals surface area contributed by atoms with Crippen LogP contribution in [0.15, 0.2) is 47.4 Å². The normalized spacial score (nSPS) is 12.7. The van der Waals surface area contributed by atoms with E-state index in [1.807, 2.05) is 24.3 Å². The monoisotopic (exact) mass is 364 g/mol. The number of fused-ring (bicyclic) bond motifs is 1. The first-order chi connectivity index (χ1) is 11.8. The van der Waals surface area contributed by atoms with Gasteiger partial charge in [-0.3, -0.25) is 4.79 Å². The molecule has 0 aliphatic rings. The number of amides is 1. The second kappa shape index (κ2) is 8.09. The van der Waals surface area contributed by atoms with E-state index in [9.17, 15) is 18.0 Å². The molecule has 2 rings (SSSR count). The lowest BCUT2D eigenvalue weighted by molar-refractivity contribution is -0.141. The number of carboxylic acid groups (broad SMARTS) is 1. The number of sulfonamides is 1. The van der Waals surface area contributed by atoms with Gasteiger partial charge >= 0.3 is 5.97 Å². The van der Waals surface area contributed by atoms with Crippen LogP contribution in [0, 0.1) is 0 Å². The van der Waals surface area contributed by atoms with E-state index in [0.29, 0.717) is 0 Å². The quantitative estimate of drug-likeness (QED) is 0.657. The molecular weight excluding hydrogens is 344 g/mol. The van der Waals surface area contributed by atoms with E-state index in [1.165, 1.54) is 6.07 Å². The second-order valence-electron chi connectivity index (χ2n) is 5.52. The van der Waals surface area contributed by atoms with Crippen molar-refractivity contribution in [2.24, 2.45) is 0 Å². The third kappa shape index (κ3) is 5.01. The maximum Gasteiger partial charge on any atom is 0.326 e. The van der Waals surface area contributed by atoms with Gasteiger partial charge in [0.2, 0.25) is 15.9 Å². The lowest BCUT2D eigenvalue weighted by atomic mass is 10.1. The van der Waals surface area contributed by atoms with Crippen LogP contribution in [0.1, 0.15) is 19.8 Å². The van der Waals surface area contributed by atoms with Gasteiger partial charge in [0.1, 0.15) is 6.04 Å². The standard InChI is InChI=1S/C17H20N2O5S/c1-2-15(17(21)22)19-16(20)9-10-18-25(23,24)14-8-7-12-5-3-4-6-13(12)11-14/h3-8,11,15,18H,2,9-10H2,1H3,(H,19,20)(H,21,22). The summed E-state index contributed by atoms with van der Waals surface area (Å²) in [5.41, 5.74) is 0. The zero-order valence-electron chi connectivity index (χ0n) is 13.7. The molecule has 0 aliphatic carbocycles. The van der Waals surface area contributed by atoms with Gasteiger partial charge in [0.05, 0.1) is 4.90 Å². The molecule has 134 valence electrons. The molecule has 1 amide bonds. The number of carboxylic acids is 1. The predicted octanol–water partition coefficient (Wildman–Crippen LogP) is 1.49. The van der Waals surface area contributed by atoms with Gasteiger partial charge in [0.15, 0.2) is 0 Å². The van der Waals surface area contributed by atoms with Crippen LogP contribution in [0.2, 0.25) is 0 Å². The van der Waals surface area contributed by atoms with E-state index in [1.54, 1.807) is 19.1 Å². The number of carbonyl (C=O) groups excluding carboxylic acids is 1. The number of hydrogen-bond donors (Lipinski definition) is 3. The molecule has 7 nitrogen and oxygen atoms in total. The van der Waals surface area contributed by atoms with Crippen LogP contribution < -0.4 is 10.0 Å². The molecular formula is C17H20N2O5S. The molecule has 0 aliphatic heterocycles. The Bertz CT molecular complexity index is 879. The number of carbonyl (C=O) groups is 2. The maximum absolute atomic E-state index is 12.3. The summed E-state index contributed by atoms with van der Waals surface area (Å²) >= 11 is 0. The Hall–Kier alpha value is -2.45. The summed E-state index contributed by atoms with van der Waals surface area (Å²) in [4.78, 5) is 22.7. The van der Waals surface area contributed by atoms with Crippen molar-refractivity contribution in [2.75, 3.05) is 6.54 Å². The molecule has 0 saturated heterocycles. The Labute approximate surface area is 146 Å². The minimum absolute atomic E-state index is 0.114. The minimum atomic E-state index is -3.74. The van der Waals surface area contributed by atoms with E-state index in [4.69, 9.17) is 5.11 Å². The molecule has 0 spiro atoms. The van der Waals surface area contributed by atoms with Crippen molar-refractivity contribution < 1.29 is 23.1 Å². The third-order valence-corrected chi connectivity index (χ3v) is 5.18. The first-order valence-electron chi connectivity index (χ1n) is 7.84. The van der Waals surface area contributed by atoms with Crippen molar-refractivity contribution in [3.05, 3.63) is 42.5 Å². The van der Waals surface area contributed by atoms with Gasteiger partial charge in [-0.25, -0.2) is 17.9 Å². The molecule has 0 saturated carbocycles. The highest BCUT2D eigenvalue weighted by Crippen LogP contribution is 2.18. The number of hydrogen-bond acceptors (Lipinski definition) is 4. The van der Waals surface area contributed by atoms with Crippen LogP contribution in [-0.2, 0) is 19.6 Å². The number of benzene rings is 2.